The number of nitrogens with zero attached hydrogens (tertiary/aromatic N) is 2. The molecule has 102 valence electrons. The summed E-state index contributed by atoms with van der Waals surface area (Å²) in [5.41, 5.74) is 3.15. The fourth-order valence-electron chi connectivity index (χ4n) is 1.99. The maximum atomic E-state index is 12.9. The number of hydrogen-bond acceptors (Lipinski definition) is 2. The Morgan fingerprint density at radius 3 is 2.53 bits per heavy atom. The zero-order valence-electron chi connectivity index (χ0n) is 11.2. The van der Waals surface area contributed by atoms with E-state index < -0.39 is 0 Å². The van der Waals surface area contributed by atoms with Gasteiger partial charge in [0.05, 0.1) is 15.9 Å². The lowest BCUT2D eigenvalue weighted by atomic mass is 10.1. The Kier molecular flexibility index (Phi) is 4.37. The molecule has 2 aromatic rings. The molecule has 1 aromatic heterocycles. The molecule has 0 aliphatic rings. The van der Waals surface area contributed by atoms with Gasteiger partial charge in [-0.05, 0) is 47.5 Å². The van der Waals surface area contributed by atoms with E-state index in [1.807, 2.05) is 18.7 Å². The topological polar surface area (TPSA) is 29.9 Å². The Bertz CT molecular complexity index is 563. The van der Waals surface area contributed by atoms with Crippen molar-refractivity contribution in [2.45, 2.75) is 26.4 Å². The molecule has 1 atom stereocenters. The molecule has 1 heterocycles. The van der Waals surface area contributed by atoms with E-state index >= 15 is 0 Å². The normalized spacial score (nSPS) is 12.7. The van der Waals surface area contributed by atoms with Crippen molar-refractivity contribution in [3.63, 3.8) is 0 Å². The number of aryl methyl sites for hydroxylation is 2. The van der Waals surface area contributed by atoms with Gasteiger partial charge in [-0.3, -0.25) is 4.68 Å². The van der Waals surface area contributed by atoms with Crippen LogP contribution in [-0.2, 0) is 13.6 Å². The van der Waals surface area contributed by atoms with E-state index in [0.717, 1.165) is 21.4 Å². The molecule has 0 aliphatic heterocycles. The summed E-state index contributed by atoms with van der Waals surface area (Å²) in [5, 5.41) is 7.77. The first-order valence-corrected chi connectivity index (χ1v) is 6.95. The first-order chi connectivity index (χ1) is 8.99. The maximum Gasteiger partial charge on any atom is 0.123 e. The minimum absolute atomic E-state index is 0.155. The summed E-state index contributed by atoms with van der Waals surface area (Å²) in [6.45, 7) is 4.73. The molecule has 0 fully saturated rings. The second kappa shape index (κ2) is 5.84. The van der Waals surface area contributed by atoms with E-state index in [4.69, 9.17) is 0 Å². The smallest absolute Gasteiger partial charge is 0.123 e. The number of aromatic nitrogens is 2. The van der Waals surface area contributed by atoms with Crippen LogP contribution in [0.15, 0.2) is 28.7 Å². The zero-order chi connectivity index (χ0) is 14.0. The largest absolute Gasteiger partial charge is 0.305 e. The van der Waals surface area contributed by atoms with Gasteiger partial charge in [0.2, 0.25) is 0 Å². The highest BCUT2D eigenvalue weighted by Crippen LogP contribution is 2.21. The van der Waals surface area contributed by atoms with Crippen LogP contribution in [0.2, 0.25) is 0 Å². The Morgan fingerprint density at radius 1 is 1.37 bits per heavy atom. The first kappa shape index (κ1) is 14.2. The standard InChI is InChI=1S/C14H17BrFN3/c1-9(11-4-6-12(16)7-5-11)17-8-13-14(15)10(2)18-19(13)3/h4-7,9,17H,8H2,1-3H3/t9-/m0/s1. The molecule has 0 aliphatic carbocycles. The molecule has 1 N–H and O–H groups in total. The van der Waals surface area contributed by atoms with E-state index in [1.165, 1.54) is 12.1 Å². The molecule has 19 heavy (non-hydrogen) atoms. The molecule has 0 amide bonds. The van der Waals surface area contributed by atoms with Crippen molar-refractivity contribution in [2.24, 2.45) is 7.05 Å². The van der Waals surface area contributed by atoms with Crippen molar-refractivity contribution in [3.05, 3.63) is 51.5 Å². The lowest BCUT2D eigenvalue weighted by Crippen LogP contribution is -2.20. The Hall–Kier alpha value is -1.20. The van der Waals surface area contributed by atoms with Gasteiger partial charge in [-0.1, -0.05) is 12.1 Å². The highest BCUT2D eigenvalue weighted by Gasteiger charge is 2.12. The lowest BCUT2D eigenvalue weighted by molar-refractivity contribution is 0.545. The van der Waals surface area contributed by atoms with Crippen molar-refractivity contribution in [1.29, 1.82) is 0 Å². The summed E-state index contributed by atoms with van der Waals surface area (Å²) < 4.78 is 15.8. The van der Waals surface area contributed by atoms with Crippen LogP contribution in [0.1, 0.15) is 29.9 Å². The number of nitrogens with one attached hydrogen (secondary N) is 1. The van der Waals surface area contributed by atoms with Crippen molar-refractivity contribution in [2.75, 3.05) is 0 Å². The molecular weight excluding hydrogens is 309 g/mol. The Morgan fingerprint density at radius 2 is 2.00 bits per heavy atom. The molecule has 0 saturated heterocycles. The molecule has 3 nitrogen and oxygen atoms in total. The molecule has 2 rings (SSSR count). The number of rotatable bonds is 4. The summed E-state index contributed by atoms with van der Waals surface area (Å²) in [6.07, 6.45) is 0. The third-order valence-corrected chi connectivity index (χ3v) is 4.24. The quantitative estimate of drug-likeness (QED) is 0.932. The summed E-state index contributed by atoms with van der Waals surface area (Å²) in [7, 11) is 1.93. The minimum atomic E-state index is -0.207. The molecule has 0 bridgehead atoms. The van der Waals surface area contributed by atoms with Crippen LogP contribution < -0.4 is 5.32 Å². The van der Waals surface area contributed by atoms with Gasteiger partial charge >= 0.3 is 0 Å². The predicted molar refractivity (Wildman–Crippen MR) is 77.3 cm³/mol. The molecule has 0 unspecified atom stereocenters. The van der Waals surface area contributed by atoms with Crippen LogP contribution in [0.25, 0.3) is 0 Å². The molecule has 1 aromatic carbocycles. The summed E-state index contributed by atoms with van der Waals surface area (Å²) in [5.74, 6) is -0.207. The lowest BCUT2D eigenvalue weighted by Gasteiger charge is -2.14. The van der Waals surface area contributed by atoms with E-state index in [0.29, 0.717) is 6.54 Å². The SMILES string of the molecule is Cc1nn(C)c(CN[C@@H](C)c2ccc(F)cc2)c1Br. The van der Waals surface area contributed by atoms with E-state index in [-0.39, 0.29) is 11.9 Å². The molecule has 0 saturated carbocycles. The highest BCUT2D eigenvalue weighted by atomic mass is 79.9. The predicted octanol–water partition coefficient (Wildman–Crippen LogP) is 3.48. The van der Waals surface area contributed by atoms with Crippen molar-refractivity contribution in [3.8, 4) is 0 Å². The number of halogens is 2. The summed E-state index contributed by atoms with van der Waals surface area (Å²) >= 11 is 3.54. The maximum absolute atomic E-state index is 12.9. The van der Waals surface area contributed by atoms with Crippen LogP contribution in [0.5, 0.6) is 0 Å². The average molecular weight is 326 g/mol. The molecule has 5 heteroatoms. The van der Waals surface area contributed by atoms with Crippen molar-refractivity contribution < 1.29 is 4.39 Å². The summed E-state index contributed by atoms with van der Waals surface area (Å²) in [6, 6.07) is 6.73. The highest BCUT2D eigenvalue weighted by molar-refractivity contribution is 9.10. The van der Waals surface area contributed by atoms with Crippen molar-refractivity contribution >= 4 is 15.9 Å². The summed E-state index contributed by atoms with van der Waals surface area (Å²) in [4.78, 5) is 0. The third kappa shape index (κ3) is 3.22. The average Bonchev–Trinajstić information content (AvgIpc) is 2.62. The van der Waals surface area contributed by atoms with Crippen LogP contribution in [0, 0.1) is 12.7 Å². The van der Waals surface area contributed by atoms with E-state index in [2.05, 4.69) is 33.3 Å². The van der Waals surface area contributed by atoms with Crippen LogP contribution in [0.4, 0.5) is 4.39 Å². The van der Waals surface area contributed by atoms with Crippen LogP contribution in [-0.4, -0.2) is 9.78 Å². The van der Waals surface area contributed by atoms with E-state index in [9.17, 15) is 4.39 Å². The van der Waals surface area contributed by atoms with Gasteiger partial charge in [0, 0.05) is 19.6 Å². The minimum Gasteiger partial charge on any atom is -0.305 e. The molecular formula is C14H17BrFN3. The second-order valence-electron chi connectivity index (χ2n) is 4.62. The van der Waals surface area contributed by atoms with E-state index in [1.54, 1.807) is 12.1 Å². The molecule has 0 radical (unpaired) electrons. The number of benzene rings is 1. The number of hydrogen-bond donors (Lipinski definition) is 1. The fraction of sp³-hybridized carbons (Fsp3) is 0.357. The first-order valence-electron chi connectivity index (χ1n) is 6.16. The van der Waals surface area contributed by atoms with Crippen LogP contribution in [0.3, 0.4) is 0 Å². The zero-order valence-corrected chi connectivity index (χ0v) is 12.8. The van der Waals surface area contributed by atoms with Gasteiger partial charge in [0.15, 0.2) is 0 Å². The molecule has 0 spiro atoms. The van der Waals surface area contributed by atoms with Gasteiger partial charge in [0.1, 0.15) is 5.82 Å². The fourth-order valence-corrected chi connectivity index (χ4v) is 2.47. The van der Waals surface area contributed by atoms with Gasteiger partial charge in [-0.15, -0.1) is 0 Å². The second-order valence-corrected chi connectivity index (χ2v) is 5.42. The Balaban J connectivity index is 2.04. The van der Waals surface area contributed by atoms with Gasteiger partial charge in [-0.25, -0.2) is 4.39 Å². The van der Waals surface area contributed by atoms with Gasteiger partial charge < -0.3 is 5.32 Å². The van der Waals surface area contributed by atoms with Crippen LogP contribution >= 0.6 is 15.9 Å². The monoisotopic (exact) mass is 325 g/mol. The van der Waals surface area contributed by atoms with Gasteiger partial charge in [0.25, 0.3) is 0 Å². The van der Waals surface area contributed by atoms with Crippen molar-refractivity contribution in [1.82, 2.24) is 15.1 Å². The van der Waals surface area contributed by atoms with Gasteiger partial charge in [-0.2, -0.15) is 5.10 Å². The Labute approximate surface area is 121 Å². The third-order valence-electron chi connectivity index (χ3n) is 3.21.